The minimum absolute atomic E-state index is 0.0654. The van der Waals surface area contributed by atoms with Crippen LogP contribution in [0.2, 0.25) is 0 Å². The molecule has 0 radical (unpaired) electrons. The first-order valence-electron chi connectivity index (χ1n) is 6.67. The van der Waals surface area contributed by atoms with Crippen LogP contribution in [0.4, 0.5) is 0 Å². The zero-order valence-electron chi connectivity index (χ0n) is 11.3. The van der Waals surface area contributed by atoms with E-state index in [4.69, 9.17) is 0 Å². The summed E-state index contributed by atoms with van der Waals surface area (Å²) in [6, 6.07) is 6.64. The Morgan fingerprint density at radius 3 is 2.74 bits per heavy atom. The van der Waals surface area contributed by atoms with Crippen molar-refractivity contribution in [2.45, 2.75) is 32.7 Å². The second kappa shape index (κ2) is 5.43. The summed E-state index contributed by atoms with van der Waals surface area (Å²) < 4.78 is 0. The normalized spacial score (nSPS) is 19.7. The molecule has 1 aliphatic rings. The SMILES string of the molecule is CCC(C)C(=O)N1CCc2ccccc2C1C(=O)O. The molecular weight excluding hydrogens is 242 g/mol. The molecule has 2 atom stereocenters. The van der Waals surface area contributed by atoms with E-state index in [0.29, 0.717) is 6.54 Å². The molecule has 0 bridgehead atoms. The van der Waals surface area contributed by atoms with Gasteiger partial charge < -0.3 is 10.0 Å². The molecule has 0 aromatic heterocycles. The Morgan fingerprint density at radius 1 is 1.42 bits per heavy atom. The Hall–Kier alpha value is -1.84. The number of nitrogens with zero attached hydrogens (tertiary/aromatic N) is 1. The number of fused-ring (bicyclic) bond motifs is 1. The fourth-order valence-electron chi connectivity index (χ4n) is 2.53. The summed E-state index contributed by atoms with van der Waals surface area (Å²) in [6.07, 6.45) is 1.45. The van der Waals surface area contributed by atoms with Gasteiger partial charge in [-0.1, -0.05) is 38.1 Å². The van der Waals surface area contributed by atoms with Gasteiger partial charge in [-0.05, 0) is 24.0 Å². The lowest BCUT2D eigenvalue weighted by Crippen LogP contribution is -2.45. The van der Waals surface area contributed by atoms with Gasteiger partial charge in [0, 0.05) is 12.5 Å². The van der Waals surface area contributed by atoms with Crippen LogP contribution in [0.5, 0.6) is 0 Å². The quantitative estimate of drug-likeness (QED) is 0.907. The Kier molecular flexibility index (Phi) is 3.88. The largest absolute Gasteiger partial charge is 0.479 e. The van der Waals surface area contributed by atoms with Gasteiger partial charge in [0.2, 0.25) is 5.91 Å². The number of carbonyl (C=O) groups excluding carboxylic acids is 1. The smallest absolute Gasteiger partial charge is 0.331 e. The number of aliphatic carboxylic acids is 1. The van der Waals surface area contributed by atoms with Gasteiger partial charge in [0.15, 0.2) is 6.04 Å². The summed E-state index contributed by atoms with van der Waals surface area (Å²) in [5.41, 5.74) is 1.78. The van der Waals surface area contributed by atoms with Crippen molar-refractivity contribution in [2.24, 2.45) is 5.92 Å². The molecule has 1 N–H and O–H groups in total. The standard InChI is InChI=1S/C15H19NO3/c1-3-10(2)14(17)16-9-8-11-6-4-5-7-12(11)13(16)15(18)19/h4-7,10,13H,3,8-9H2,1-2H3,(H,18,19). The van der Waals surface area contributed by atoms with Crippen LogP contribution in [0.25, 0.3) is 0 Å². The van der Waals surface area contributed by atoms with E-state index in [9.17, 15) is 14.7 Å². The number of carboxylic acid groups (broad SMARTS) is 1. The Labute approximate surface area is 113 Å². The van der Waals surface area contributed by atoms with Gasteiger partial charge in [-0.3, -0.25) is 4.79 Å². The third-order valence-electron chi connectivity index (χ3n) is 3.83. The predicted molar refractivity (Wildman–Crippen MR) is 71.7 cm³/mol. The van der Waals surface area contributed by atoms with Crippen molar-refractivity contribution >= 4 is 11.9 Å². The molecule has 1 aromatic rings. The van der Waals surface area contributed by atoms with E-state index < -0.39 is 12.0 Å². The third-order valence-corrected chi connectivity index (χ3v) is 3.83. The maximum atomic E-state index is 12.3. The summed E-state index contributed by atoms with van der Waals surface area (Å²) >= 11 is 0. The molecule has 0 saturated carbocycles. The van der Waals surface area contributed by atoms with Gasteiger partial charge in [0.1, 0.15) is 0 Å². The molecular formula is C15H19NO3. The Balaban J connectivity index is 2.37. The average Bonchev–Trinajstić information content (AvgIpc) is 2.44. The molecule has 0 aliphatic carbocycles. The van der Waals surface area contributed by atoms with E-state index in [2.05, 4.69) is 0 Å². The van der Waals surface area contributed by atoms with Crippen LogP contribution in [0, 0.1) is 5.92 Å². The number of carbonyl (C=O) groups is 2. The van der Waals surface area contributed by atoms with Gasteiger partial charge in [-0.25, -0.2) is 4.79 Å². The second-order valence-electron chi connectivity index (χ2n) is 5.03. The molecule has 4 nitrogen and oxygen atoms in total. The Bertz CT molecular complexity index is 498. The highest BCUT2D eigenvalue weighted by Gasteiger charge is 2.36. The monoisotopic (exact) mass is 261 g/mol. The van der Waals surface area contributed by atoms with Crippen LogP contribution in [-0.4, -0.2) is 28.4 Å². The lowest BCUT2D eigenvalue weighted by Gasteiger charge is -2.36. The van der Waals surface area contributed by atoms with Crippen molar-refractivity contribution in [3.63, 3.8) is 0 Å². The van der Waals surface area contributed by atoms with Gasteiger partial charge in [-0.15, -0.1) is 0 Å². The molecule has 102 valence electrons. The molecule has 1 heterocycles. The third kappa shape index (κ3) is 2.48. The van der Waals surface area contributed by atoms with E-state index in [-0.39, 0.29) is 11.8 Å². The molecule has 4 heteroatoms. The van der Waals surface area contributed by atoms with E-state index in [0.717, 1.165) is 24.0 Å². The van der Waals surface area contributed by atoms with Crippen LogP contribution < -0.4 is 0 Å². The maximum absolute atomic E-state index is 12.3. The van der Waals surface area contributed by atoms with Crippen LogP contribution in [0.1, 0.15) is 37.4 Å². The zero-order chi connectivity index (χ0) is 14.0. The number of benzene rings is 1. The first-order valence-corrected chi connectivity index (χ1v) is 6.67. The molecule has 2 rings (SSSR count). The highest BCUT2D eigenvalue weighted by atomic mass is 16.4. The van der Waals surface area contributed by atoms with Crippen LogP contribution in [0.15, 0.2) is 24.3 Å². The topological polar surface area (TPSA) is 57.6 Å². The first-order chi connectivity index (χ1) is 9.06. The van der Waals surface area contributed by atoms with Crippen molar-refractivity contribution in [3.05, 3.63) is 35.4 Å². The highest BCUT2D eigenvalue weighted by Crippen LogP contribution is 2.31. The molecule has 0 saturated heterocycles. The summed E-state index contributed by atoms with van der Waals surface area (Å²) in [4.78, 5) is 25.4. The summed E-state index contributed by atoms with van der Waals surface area (Å²) in [5, 5.41) is 9.46. The number of hydrogen-bond acceptors (Lipinski definition) is 2. The van der Waals surface area contributed by atoms with E-state index >= 15 is 0 Å². The van der Waals surface area contributed by atoms with Crippen LogP contribution >= 0.6 is 0 Å². The van der Waals surface area contributed by atoms with Crippen molar-refractivity contribution in [3.8, 4) is 0 Å². The lowest BCUT2D eigenvalue weighted by molar-refractivity contribution is -0.152. The number of amides is 1. The van der Waals surface area contributed by atoms with Crippen molar-refractivity contribution in [1.82, 2.24) is 4.90 Å². The zero-order valence-corrected chi connectivity index (χ0v) is 11.3. The predicted octanol–water partition coefficient (Wildman–Crippen LogP) is 2.24. The van der Waals surface area contributed by atoms with Gasteiger partial charge in [0.05, 0.1) is 0 Å². The van der Waals surface area contributed by atoms with E-state index in [1.165, 1.54) is 4.90 Å². The summed E-state index contributed by atoms with van der Waals surface area (Å²) in [6.45, 7) is 4.27. The first kappa shape index (κ1) is 13.6. The average molecular weight is 261 g/mol. The summed E-state index contributed by atoms with van der Waals surface area (Å²) in [7, 11) is 0. The van der Waals surface area contributed by atoms with Gasteiger partial charge in [-0.2, -0.15) is 0 Å². The van der Waals surface area contributed by atoms with Crippen molar-refractivity contribution < 1.29 is 14.7 Å². The molecule has 1 aromatic carbocycles. The minimum Gasteiger partial charge on any atom is -0.479 e. The fraction of sp³-hybridized carbons (Fsp3) is 0.467. The summed E-state index contributed by atoms with van der Waals surface area (Å²) in [5.74, 6) is -1.15. The van der Waals surface area contributed by atoms with Crippen molar-refractivity contribution in [1.29, 1.82) is 0 Å². The van der Waals surface area contributed by atoms with Crippen LogP contribution in [-0.2, 0) is 16.0 Å². The molecule has 19 heavy (non-hydrogen) atoms. The van der Waals surface area contributed by atoms with Crippen molar-refractivity contribution in [2.75, 3.05) is 6.54 Å². The molecule has 1 amide bonds. The van der Waals surface area contributed by atoms with Crippen LogP contribution in [0.3, 0.4) is 0 Å². The molecule has 1 aliphatic heterocycles. The lowest BCUT2D eigenvalue weighted by atomic mass is 9.91. The number of carboxylic acids is 1. The van der Waals surface area contributed by atoms with E-state index in [1.807, 2.05) is 38.1 Å². The Morgan fingerprint density at radius 2 is 2.11 bits per heavy atom. The maximum Gasteiger partial charge on any atom is 0.331 e. The minimum atomic E-state index is -0.955. The molecule has 2 unspecified atom stereocenters. The fourth-order valence-corrected chi connectivity index (χ4v) is 2.53. The second-order valence-corrected chi connectivity index (χ2v) is 5.03. The number of rotatable bonds is 3. The van der Waals surface area contributed by atoms with Gasteiger partial charge >= 0.3 is 5.97 Å². The molecule has 0 fully saturated rings. The highest BCUT2D eigenvalue weighted by molar-refractivity contribution is 5.86. The van der Waals surface area contributed by atoms with Gasteiger partial charge in [0.25, 0.3) is 0 Å². The number of hydrogen-bond donors (Lipinski definition) is 1. The van der Waals surface area contributed by atoms with E-state index in [1.54, 1.807) is 0 Å². The molecule has 0 spiro atoms.